The third kappa shape index (κ3) is 2.69. The van der Waals surface area contributed by atoms with Crippen LogP contribution in [0, 0.1) is 11.8 Å². The summed E-state index contributed by atoms with van der Waals surface area (Å²) in [5, 5.41) is 3.14. The first-order valence-electron chi connectivity index (χ1n) is 6.13. The molecule has 0 spiro atoms. The second kappa shape index (κ2) is 4.92. The Hall–Kier alpha value is -0.280. The van der Waals surface area contributed by atoms with Crippen LogP contribution in [-0.4, -0.2) is 17.5 Å². The molecule has 2 rings (SSSR count). The fourth-order valence-corrected chi connectivity index (χ4v) is 2.46. The number of amides is 1. The SMILES string of the molecule is CC1CCCC(NC(=O)C2(N)CC2)C1C.Cl. The Morgan fingerprint density at radius 2 is 1.94 bits per heavy atom. The summed E-state index contributed by atoms with van der Waals surface area (Å²) in [7, 11) is 0. The molecule has 94 valence electrons. The van der Waals surface area contributed by atoms with Crippen LogP contribution in [0.15, 0.2) is 0 Å². The number of halogens is 1. The van der Waals surface area contributed by atoms with Gasteiger partial charge in [0.2, 0.25) is 5.91 Å². The summed E-state index contributed by atoms with van der Waals surface area (Å²) in [6.45, 7) is 4.52. The molecular formula is C12H23ClN2O. The van der Waals surface area contributed by atoms with Gasteiger partial charge >= 0.3 is 0 Å². The Labute approximate surface area is 104 Å². The highest BCUT2D eigenvalue weighted by Gasteiger charge is 2.47. The van der Waals surface area contributed by atoms with Gasteiger partial charge in [-0.3, -0.25) is 4.79 Å². The summed E-state index contributed by atoms with van der Waals surface area (Å²) < 4.78 is 0. The predicted octanol–water partition coefficient (Wildman–Crippen LogP) is 1.84. The smallest absolute Gasteiger partial charge is 0.240 e. The van der Waals surface area contributed by atoms with E-state index in [0.717, 1.165) is 25.2 Å². The molecule has 0 aliphatic heterocycles. The zero-order valence-electron chi connectivity index (χ0n) is 10.2. The van der Waals surface area contributed by atoms with Crippen LogP contribution in [0.3, 0.4) is 0 Å². The van der Waals surface area contributed by atoms with E-state index in [1.807, 2.05) is 0 Å². The van der Waals surface area contributed by atoms with Crippen molar-refractivity contribution < 1.29 is 4.79 Å². The minimum absolute atomic E-state index is 0. The van der Waals surface area contributed by atoms with Crippen molar-refractivity contribution in [3.8, 4) is 0 Å². The number of carbonyl (C=O) groups excluding carboxylic acids is 1. The molecule has 0 bridgehead atoms. The number of nitrogens with one attached hydrogen (secondary N) is 1. The predicted molar refractivity (Wildman–Crippen MR) is 67.5 cm³/mol. The zero-order valence-corrected chi connectivity index (χ0v) is 11.0. The van der Waals surface area contributed by atoms with Crippen LogP contribution in [-0.2, 0) is 4.79 Å². The van der Waals surface area contributed by atoms with Crippen LogP contribution in [0.5, 0.6) is 0 Å². The van der Waals surface area contributed by atoms with Gasteiger partial charge in [-0.1, -0.05) is 26.7 Å². The Balaban J connectivity index is 0.00000128. The van der Waals surface area contributed by atoms with Gasteiger partial charge < -0.3 is 11.1 Å². The third-order valence-electron chi connectivity index (χ3n) is 4.26. The molecule has 2 saturated carbocycles. The van der Waals surface area contributed by atoms with Crippen molar-refractivity contribution in [1.82, 2.24) is 5.32 Å². The van der Waals surface area contributed by atoms with Crippen molar-refractivity contribution in [2.75, 3.05) is 0 Å². The summed E-state index contributed by atoms with van der Waals surface area (Å²) in [5.74, 6) is 1.38. The molecule has 0 radical (unpaired) electrons. The topological polar surface area (TPSA) is 55.1 Å². The number of carbonyl (C=O) groups is 1. The standard InChI is InChI=1S/C12H22N2O.ClH/c1-8-4-3-5-10(9(8)2)14-11(15)12(13)6-7-12;/h8-10H,3-7,13H2,1-2H3,(H,14,15);1H. The molecule has 0 aromatic rings. The maximum Gasteiger partial charge on any atom is 0.240 e. The first-order chi connectivity index (χ1) is 7.03. The quantitative estimate of drug-likeness (QED) is 0.781. The third-order valence-corrected chi connectivity index (χ3v) is 4.26. The van der Waals surface area contributed by atoms with Crippen LogP contribution in [0.4, 0.5) is 0 Å². The lowest BCUT2D eigenvalue weighted by atomic mass is 9.78. The minimum Gasteiger partial charge on any atom is -0.351 e. The molecule has 0 saturated heterocycles. The second-order valence-electron chi connectivity index (χ2n) is 5.50. The summed E-state index contributed by atoms with van der Waals surface area (Å²) in [5.41, 5.74) is 5.36. The van der Waals surface area contributed by atoms with Crippen LogP contribution in [0.1, 0.15) is 46.0 Å². The number of nitrogens with two attached hydrogens (primary N) is 1. The van der Waals surface area contributed by atoms with Crippen LogP contribution in [0.2, 0.25) is 0 Å². The molecule has 1 amide bonds. The Kier molecular flexibility index (Phi) is 4.24. The Morgan fingerprint density at radius 3 is 2.50 bits per heavy atom. The summed E-state index contributed by atoms with van der Waals surface area (Å²) in [4.78, 5) is 11.8. The van der Waals surface area contributed by atoms with E-state index in [0.29, 0.717) is 12.0 Å². The molecular weight excluding hydrogens is 224 g/mol. The van der Waals surface area contributed by atoms with E-state index in [-0.39, 0.29) is 18.3 Å². The molecule has 16 heavy (non-hydrogen) atoms. The molecule has 3 nitrogen and oxygen atoms in total. The molecule has 3 atom stereocenters. The Bertz CT molecular complexity index is 266. The largest absolute Gasteiger partial charge is 0.351 e. The lowest BCUT2D eigenvalue weighted by Crippen LogP contribution is -2.51. The second-order valence-corrected chi connectivity index (χ2v) is 5.50. The minimum atomic E-state index is -0.513. The molecule has 0 heterocycles. The first-order valence-corrected chi connectivity index (χ1v) is 6.13. The average Bonchev–Trinajstić information content (AvgIpc) is 2.93. The number of hydrogen-bond donors (Lipinski definition) is 2. The fourth-order valence-electron chi connectivity index (χ4n) is 2.46. The molecule has 4 heteroatoms. The van der Waals surface area contributed by atoms with Gasteiger partial charge in [0, 0.05) is 6.04 Å². The van der Waals surface area contributed by atoms with Gasteiger partial charge in [0.05, 0.1) is 5.54 Å². The summed E-state index contributed by atoms with van der Waals surface area (Å²) in [6, 6.07) is 0.349. The lowest BCUT2D eigenvalue weighted by Gasteiger charge is -2.35. The number of rotatable bonds is 2. The van der Waals surface area contributed by atoms with Gasteiger partial charge in [0.1, 0.15) is 0 Å². The normalized spacial score (nSPS) is 36.1. The summed E-state index contributed by atoms with van der Waals surface area (Å²) in [6.07, 6.45) is 5.35. The molecule has 3 N–H and O–H groups in total. The van der Waals surface area contributed by atoms with Gasteiger partial charge in [0.25, 0.3) is 0 Å². The highest BCUT2D eigenvalue weighted by Crippen LogP contribution is 2.34. The van der Waals surface area contributed by atoms with Gasteiger partial charge in [-0.25, -0.2) is 0 Å². The molecule has 2 fully saturated rings. The van der Waals surface area contributed by atoms with Crippen molar-refractivity contribution in [2.24, 2.45) is 17.6 Å². The van der Waals surface area contributed by atoms with Gasteiger partial charge in [-0.2, -0.15) is 0 Å². The monoisotopic (exact) mass is 246 g/mol. The van der Waals surface area contributed by atoms with Crippen LogP contribution in [0.25, 0.3) is 0 Å². The Morgan fingerprint density at radius 1 is 1.31 bits per heavy atom. The van der Waals surface area contributed by atoms with Gasteiger partial charge in [-0.05, 0) is 31.1 Å². The fraction of sp³-hybridized carbons (Fsp3) is 0.917. The highest BCUT2D eigenvalue weighted by molar-refractivity contribution is 5.89. The van der Waals surface area contributed by atoms with E-state index < -0.39 is 5.54 Å². The maximum atomic E-state index is 11.8. The lowest BCUT2D eigenvalue weighted by molar-refractivity contribution is -0.124. The van der Waals surface area contributed by atoms with E-state index >= 15 is 0 Å². The van der Waals surface area contributed by atoms with Crippen molar-refractivity contribution in [2.45, 2.75) is 57.5 Å². The molecule has 0 aromatic heterocycles. The van der Waals surface area contributed by atoms with E-state index in [9.17, 15) is 4.79 Å². The van der Waals surface area contributed by atoms with Gasteiger partial charge in [0.15, 0.2) is 0 Å². The molecule has 0 aromatic carbocycles. The van der Waals surface area contributed by atoms with Crippen LogP contribution < -0.4 is 11.1 Å². The van der Waals surface area contributed by atoms with E-state index in [1.165, 1.54) is 12.8 Å². The average molecular weight is 247 g/mol. The van der Waals surface area contributed by atoms with Gasteiger partial charge in [-0.15, -0.1) is 12.4 Å². The van der Waals surface area contributed by atoms with Crippen molar-refractivity contribution in [3.63, 3.8) is 0 Å². The highest BCUT2D eigenvalue weighted by atomic mass is 35.5. The first kappa shape index (κ1) is 13.8. The van der Waals surface area contributed by atoms with Crippen LogP contribution >= 0.6 is 12.4 Å². The molecule has 2 aliphatic rings. The van der Waals surface area contributed by atoms with Crippen molar-refractivity contribution >= 4 is 18.3 Å². The van der Waals surface area contributed by atoms with E-state index in [4.69, 9.17) is 5.73 Å². The van der Waals surface area contributed by atoms with Crippen molar-refractivity contribution in [1.29, 1.82) is 0 Å². The molecule has 2 aliphatic carbocycles. The summed E-state index contributed by atoms with van der Waals surface area (Å²) >= 11 is 0. The van der Waals surface area contributed by atoms with Crippen molar-refractivity contribution in [3.05, 3.63) is 0 Å². The van der Waals surface area contributed by atoms with E-state index in [1.54, 1.807) is 0 Å². The zero-order chi connectivity index (χ0) is 11.1. The number of hydrogen-bond acceptors (Lipinski definition) is 2. The maximum absolute atomic E-state index is 11.8. The van der Waals surface area contributed by atoms with E-state index in [2.05, 4.69) is 19.2 Å². The molecule has 3 unspecified atom stereocenters.